The average molecular weight is 345 g/mol. The molecule has 1 aliphatic heterocycles. The molecule has 0 amide bonds. The molecule has 2 aromatic rings. The van der Waals surface area contributed by atoms with Crippen molar-refractivity contribution in [2.75, 3.05) is 25.4 Å². The zero-order valence-electron chi connectivity index (χ0n) is 13.7. The highest BCUT2D eigenvalue weighted by Crippen LogP contribution is 2.26. The number of rotatable bonds is 7. The van der Waals surface area contributed by atoms with Gasteiger partial charge >= 0.3 is 5.97 Å². The Morgan fingerprint density at radius 2 is 2.12 bits per heavy atom. The predicted molar refractivity (Wildman–Crippen MR) is 95.4 cm³/mol. The van der Waals surface area contributed by atoms with E-state index >= 15 is 0 Å². The van der Waals surface area contributed by atoms with Gasteiger partial charge in [-0.3, -0.25) is 9.48 Å². The third-order valence-corrected chi connectivity index (χ3v) is 5.29. The van der Waals surface area contributed by atoms with Gasteiger partial charge in [-0.15, -0.1) is 11.8 Å². The number of piperidine rings is 1. The minimum absolute atomic E-state index is 0.0653. The van der Waals surface area contributed by atoms with Crippen LogP contribution in [0.2, 0.25) is 0 Å². The standard InChI is InChI=1S/C18H23N3O2S/c22-18(23)14-21-10-8-17(19-21)15-5-4-9-20(13-15)11-12-24-16-6-2-1-3-7-16/h1-3,6-8,10,15H,4-5,9,11-14H2,(H,22,23)/t15-/m1/s1. The number of hydrogen-bond donors (Lipinski definition) is 1. The summed E-state index contributed by atoms with van der Waals surface area (Å²) in [6, 6.07) is 12.5. The molecule has 3 rings (SSSR count). The van der Waals surface area contributed by atoms with E-state index in [1.165, 1.54) is 16.0 Å². The molecule has 2 heterocycles. The molecule has 0 radical (unpaired) electrons. The lowest BCUT2D eigenvalue weighted by molar-refractivity contribution is -0.137. The van der Waals surface area contributed by atoms with Gasteiger partial charge < -0.3 is 10.0 Å². The summed E-state index contributed by atoms with van der Waals surface area (Å²) in [5.74, 6) is 0.646. The molecule has 24 heavy (non-hydrogen) atoms. The number of likely N-dealkylation sites (tertiary alicyclic amines) is 1. The fourth-order valence-corrected chi connectivity index (χ4v) is 4.07. The molecule has 5 nitrogen and oxygen atoms in total. The quantitative estimate of drug-likeness (QED) is 0.782. The topological polar surface area (TPSA) is 58.4 Å². The highest BCUT2D eigenvalue weighted by atomic mass is 32.2. The molecule has 0 spiro atoms. The highest BCUT2D eigenvalue weighted by Gasteiger charge is 2.23. The lowest BCUT2D eigenvalue weighted by atomic mass is 9.95. The molecule has 1 saturated heterocycles. The summed E-state index contributed by atoms with van der Waals surface area (Å²) in [5.41, 5.74) is 1.02. The van der Waals surface area contributed by atoms with Crippen LogP contribution < -0.4 is 0 Å². The first-order valence-electron chi connectivity index (χ1n) is 8.36. The van der Waals surface area contributed by atoms with E-state index < -0.39 is 5.97 Å². The van der Waals surface area contributed by atoms with Gasteiger partial charge in [0, 0.05) is 35.9 Å². The summed E-state index contributed by atoms with van der Waals surface area (Å²) >= 11 is 1.90. The van der Waals surface area contributed by atoms with Crippen molar-refractivity contribution in [1.82, 2.24) is 14.7 Å². The maximum atomic E-state index is 10.8. The first kappa shape index (κ1) is 17.0. The Morgan fingerprint density at radius 3 is 2.92 bits per heavy atom. The maximum Gasteiger partial charge on any atom is 0.325 e. The Labute approximate surface area is 146 Å². The summed E-state index contributed by atoms with van der Waals surface area (Å²) in [7, 11) is 0. The molecular formula is C18H23N3O2S. The number of benzene rings is 1. The van der Waals surface area contributed by atoms with Crippen LogP contribution in [0.1, 0.15) is 24.5 Å². The molecule has 1 aliphatic rings. The van der Waals surface area contributed by atoms with E-state index in [0.29, 0.717) is 5.92 Å². The van der Waals surface area contributed by atoms with Gasteiger partial charge in [0.1, 0.15) is 6.54 Å². The maximum absolute atomic E-state index is 10.8. The van der Waals surface area contributed by atoms with E-state index in [2.05, 4.69) is 34.3 Å². The number of thioether (sulfide) groups is 1. The molecule has 0 saturated carbocycles. The number of carbonyl (C=O) groups is 1. The largest absolute Gasteiger partial charge is 0.480 e. The van der Waals surface area contributed by atoms with Gasteiger partial charge in [-0.05, 0) is 37.6 Å². The number of aromatic nitrogens is 2. The van der Waals surface area contributed by atoms with Crippen LogP contribution in [0.15, 0.2) is 47.5 Å². The van der Waals surface area contributed by atoms with Crippen LogP contribution in [-0.4, -0.2) is 51.1 Å². The van der Waals surface area contributed by atoms with Gasteiger partial charge in [-0.2, -0.15) is 5.10 Å². The van der Waals surface area contributed by atoms with Crippen LogP contribution >= 0.6 is 11.8 Å². The number of hydrogen-bond acceptors (Lipinski definition) is 4. The zero-order valence-corrected chi connectivity index (χ0v) is 14.5. The van der Waals surface area contributed by atoms with Crippen molar-refractivity contribution in [1.29, 1.82) is 0 Å². The summed E-state index contributed by atoms with van der Waals surface area (Å²) in [6.07, 6.45) is 4.08. The Bertz CT molecular complexity index is 659. The van der Waals surface area contributed by atoms with Crippen LogP contribution in [0.5, 0.6) is 0 Å². The molecular weight excluding hydrogens is 322 g/mol. The van der Waals surface area contributed by atoms with Crippen LogP contribution in [0.4, 0.5) is 0 Å². The molecule has 0 aliphatic carbocycles. The van der Waals surface area contributed by atoms with Gasteiger partial charge in [0.15, 0.2) is 0 Å². The van der Waals surface area contributed by atoms with Gasteiger partial charge in [-0.25, -0.2) is 0 Å². The third kappa shape index (κ3) is 4.85. The van der Waals surface area contributed by atoms with E-state index in [4.69, 9.17) is 5.11 Å². The molecule has 128 valence electrons. The van der Waals surface area contributed by atoms with E-state index in [1.807, 2.05) is 23.9 Å². The lowest BCUT2D eigenvalue weighted by Gasteiger charge is -2.31. The van der Waals surface area contributed by atoms with Gasteiger partial charge in [0.25, 0.3) is 0 Å². The molecule has 1 N–H and O–H groups in total. The van der Waals surface area contributed by atoms with Crippen molar-refractivity contribution >= 4 is 17.7 Å². The van der Waals surface area contributed by atoms with Crippen molar-refractivity contribution in [2.45, 2.75) is 30.2 Å². The third-order valence-electron chi connectivity index (χ3n) is 4.30. The smallest absolute Gasteiger partial charge is 0.325 e. The Balaban J connectivity index is 1.49. The molecule has 1 atom stereocenters. The first-order valence-corrected chi connectivity index (χ1v) is 9.34. The van der Waals surface area contributed by atoms with E-state index in [1.54, 1.807) is 6.20 Å². The van der Waals surface area contributed by atoms with E-state index in [-0.39, 0.29) is 6.54 Å². The second-order valence-electron chi connectivity index (χ2n) is 6.13. The van der Waals surface area contributed by atoms with Crippen molar-refractivity contribution in [3.8, 4) is 0 Å². The summed E-state index contributed by atoms with van der Waals surface area (Å²) in [4.78, 5) is 14.6. The zero-order chi connectivity index (χ0) is 16.8. The molecule has 0 unspecified atom stereocenters. The fraction of sp³-hybridized carbons (Fsp3) is 0.444. The molecule has 0 bridgehead atoms. The fourth-order valence-electron chi connectivity index (χ4n) is 3.13. The number of nitrogens with zero attached hydrogens (tertiary/aromatic N) is 3. The monoisotopic (exact) mass is 345 g/mol. The van der Waals surface area contributed by atoms with Crippen molar-refractivity contribution < 1.29 is 9.90 Å². The van der Waals surface area contributed by atoms with Crippen LogP contribution in [0.25, 0.3) is 0 Å². The van der Waals surface area contributed by atoms with Crippen molar-refractivity contribution in [3.05, 3.63) is 48.3 Å². The second kappa shape index (κ2) is 8.35. The Morgan fingerprint density at radius 1 is 1.29 bits per heavy atom. The number of aliphatic carboxylic acids is 1. The normalized spacial score (nSPS) is 18.6. The van der Waals surface area contributed by atoms with E-state index in [0.717, 1.165) is 37.5 Å². The minimum Gasteiger partial charge on any atom is -0.480 e. The molecule has 1 aromatic carbocycles. The SMILES string of the molecule is O=C(O)Cn1ccc([C@@H]2CCCN(CCSc3ccccc3)C2)n1. The van der Waals surface area contributed by atoms with Crippen molar-refractivity contribution in [3.63, 3.8) is 0 Å². The highest BCUT2D eigenvalue weighted by molar-refractivity contribution is 7.99. The first-order chi connectivity index (χ1) is 11.7. The molecule has 6 heteroatoms. The Hall–Kier alpha value is -1.79. The Kier molecular flexibility index (Phi) is 5.93. The van der Waals surface area contributed by atoms with E-state index in [9.17, 15) is 4.79 Å². The number of carboxylic acids is 1. The van der Waals surface area contributed by atoms with Gasteiger partial charge in [0.05, 0.1) is 5.69 Å². The summed E-state index contributed by atoms with van der Waals surface area (Å²) in [6.45, 7) is 3.16. The predicted octanol–water partition coefficient (Wildman–Crippen LogP) is 2.94. The molecule has 1 aromatic heterocycles. The second-order valence-corrected chi connectivity index (χ2v) is 7.30. The van der Waals surface area contributed by atoms with Crippen LogP contribution in [0.3, 0.4) is 0 Å². The van der Waals surface area contributed by atoms with Gasteiger partial charge in [0.2, 0.25) is 0 Å². The minimum atomic E-state index is -0.854. The lowest BCUT2D eigenvalue weighted by Crippen LogP contribution is -2.36. The molecule has 1 fully saturated rings. The van der Waals surface area contributed by atoms with Crippen molar-refractivity contribution in [2.24, 2.45) is 0 Å². The van der Waals surface area contributed by atoms with Crippen LogP contribution in [-0.2, 0) is 11.3 Å². The summed E-state index contributed by atoms with van der Waals surface area (Å²) in [5, 5.41) is 13.3. The number of carboxylic acid groups (broad SMARTS) is 1. The summed E-state index contributed by atoms with van der Waals surface area (Å²) < 4.78 is 1.52. The average Bonchev–Trinajstić information content (AvgIpc) is 3.04. The van der Waals surface area contributed by atoms with Crippen LogP contribution in [0, 0.1) is 0 Å². The van der Waals surface area contributed by atoms with Gasteiger partial charge in [-0.1, -0.05) is 18.2 Å².